The van der Waals surface area contributed by atoms with Gasteiger partial charge in [0.15, 0.2) is 6.61 Å². The van der Waals surface area contributed by atoms with E-state index in [1.807, 2.05) is 10.2 Å². The number of hydrogen-bond donors (Lipinski definition) is 1. The summed E-state index contributed by atoms with van der Waals surface area (Å²) >= 11 is 0. The number of nitro groups is 1. The van der Waals surface area contributed by atoms with Crippen LogP contribution in [-0.2, 0) is 9.53 Å². The zero-order valence-electron chi connectivity index (χ0n) is 15.2. The number of anilines is 2. The van der Waals surface area contributed by atoms with Gasteiger partial charge in [0.05, 0.1) is 10.5 Å². The Morgan fingerprint density at radius 1 is 1.14 bits per heavy atom. The molecule has 1 heterocycles. The smallest absolute Gasteiger partial charge is 0.338 e. The van der Waals surface area contributed by atoms with E-state index in [1.165, 1.54) is 12.1 Å². The number of nitrogens with zero attached hydrogens (tertiary/aromatic N) is 2. The number of halogens is 2. The van der Waals surface area contributed by atoms with Gasteiger partial charge in [-0.2, -0.15) is 0 Å². The quantitative estimate of drug-likeness (QED) is 0.450. The molecule has 0 bridgehead atoms. The number of amides is 1. The second-order valence-electron chi connectivity index (χ2n) is 6.38. The maximum atomic E-state index is 13.5. The monoisotopic (exact) mass is 405 g/mol. The van der Waals surface area contributed by atoms with E-state index in [0.29, 0.717) is 18.8 Å². The maximum absolute atomic E-state index is 13.5. The fourth-order valence-corrected chi connectivity index (χ4v) is 3.03. The number of esters is 1. The number of carbonyl (C=O) groups is 2. The van der Waals surface area contributed by atoms with Crippen LogP contribution in [0.15, 0.2) is 36.4 Å². The van der Waals surface area contributed by atoms with Crippen molar-refractivity contribution < 1.29 is 28.0 Å². The van der Waals surface area contributed by atoms with Gasteiger partial charge in [0.1, 0.15) is 23.0 Å². The first-order valence-corrected chi connectivity index (χ1v) is 8.81. The lowest BCUT2D eigenvalue weighted by atomic mass is 10.1. The summed E-state index contributed by atoms with van der Waals surface area (Å²) in [6.45, 7) is 0.573. The Hall–Kier alpha value is -3.56. The van der Waals surface area contributed by atoms with Crippen molar-refractivity contribution in [2.24, 2.45) is 0 Å². The zero-order valence-corrected chi connectivity index (χ0v) is 15.2. The first kappa shape index (κ1) is 20.2. The highest BCUT2D eigenvalue weighted by Crippen LogP contribution is 2.31. The molecule has 1 aliphatic heterocycles. The van der Waals surface area contributed by atoms with Crippen molar-refractivity contribution in [1.82, 2.24) is 0 Å². The highest BCUT2D eigenvalue weighted by Gasteiger charge is 2.24. The van der Waals surface area contributed by atoms with E-state index in [2.05, 4.69) is 0 Å². The summed E-state index contributed by atoms with van der Waals surface area (Å²) in [5, 5.41) is 13.4. The lowest BCUT2D eigenvalue weighted by molar-refractivity contribution is -0.384. The zero-order chi connectivity index (χ0) is 21.0. The number of benzene rings is 2. The van der Waals surface area contributed by atoms with Crippen LogP contribution in [0.2, 0.25) is 0 Å². The van der Waals surface area contributed by atoms with E-state index >= 15 is 0 Å². The van der Waals surface area contributed by atoms with E-state index in [4.69, 9.17) is 4.74 Å². The minimum atomic E-state index is -0.974. The summed E-state index contributed by atoms with van der Waals surface area (Å²) in [6.07, 6.45) is 1.86. The van der Waals surface area contributed by atoms with Crippen molar-refractivity contribution in [2.75, 3.05) is 29.9 Å². The van der Waals surface area contributed by atoms with Crippen LogP contribution in [0.5, 0.6) is 0 Å². The number of nitrogens with one attached hydrogen (secondary N) is 1. The van der Waals surface area contributed by atoms with Crippen molar-refractivity contribution in [3.05, 3.63) is 63.7 Å². The van der Waals surface area contributed by atoms with Crippen LogP contribution in [0.4, 0.5) is 25.8 Å². The van der Waals surface area contributed by atoms with E-state index in [9.17, 15) is 28.5 Å². The molecule has 0 radical (unpaired) electrons. The van der Waals surface area contributed by atoms with Gasteiger partial charge in [-0.15, -0.1) is 0 Å². The second kappa shape index (κ2) is 8.63. The van der Waals surface area contributed by atoms with Gasteiger partial charge in [0.25, 0.3) is 11.6 Å². The van der Waals surface area contributed by atoms with E-state index in [0.717, 1.165) is 37.1 Å². The van der Waals surface area contributed by atoms with Gasteiger partial charge >= 0.3 is 5.97 Å². The maximum Gasteiger partial charge on any atom is 0.338 e. The molecule has 0 aliphatic carbocycles. The molecule has 8 nitrogen and oxygen atoms in total. The SMILES string of the molecule is O=C(COC(=O)c1ccc(N2CCCC2)c([N+](=O)[O-])c1)Nc1c(F)cccc1F. The topological polar surface area (TPSA) is 102 Å². The van der Waals surface area contributed by atoms with Crippen LogP contribution < -0.4 is 10.2 Å². The Morgan fingerprint density at radius 3 is 2.41 bits per heavy atom. The molecule has 1 amide bonds. The van der Waals surface area contributed by atoms with Crippen LogP contribution in [-0.4, -0.2) is 36.5 Å². The average Bonchev–Trinajstić information content (AvgIpc) is 3.23. The van der Waals surface area contributed by atoms with E-state index in [-0.39, 0.29) is 11.3 Å². The van der Waals surface area contributed by atoms with Crippen LogP contribution in [0.25, 0.3) is 0 Å². The molecule has 0 saturated carbocycles. The van der Waals surface area contributed by atoms with Gasteiger partial charge in [-0.25, -0.2) is 13.6 Å². The summed E-state index contributed by atoms with van der Waals surface area (Å²) in [4.78, 5) is 36.6. The molecule has 152 valence electrons. The van der Waals surface area contributed by atoms with Crippen LogP contribution in [0, 0.1) is 21.7 Å². The van der Waals surface area contributed by atoms with Crippen LogP contribution >= 0.6 is 0 Å². The molecular formula is C19H17F2N3O5. The standard InChI is InChI=1S/C19H17F2N3O5/c20-13-4-3-5-14(21)18(13)22-17(25)11-29-19(26)12-6-7-15(16(10-12)24(27)28)23-8-1-2-9-23/h3-7,10H,1-2,8-9,11H2,(H,22,25). The molecule has 29 heavy (non-hydrogen) atoms. The fraction of sp³-hybridized carbons (Fsp3) is 0.263. The third-order valence-corrected chi connectivity index (χ3v) is 4.42. The third-order valence-electron chi connectivity index (χ3n) is 4.42. The second-order valence-corrected chi connectivity index (χ2v) is 6.38. The van der Waals surface area contributed by atoms with Gasteiger partial charge in [-0.3, -0.25) is 14.9 Å². The van der Waals surface area contributed by atoms with Crippen molar-refractivity contribution in [2.45, 2.75) is 12.8 Å². The van der Waals surface area contributed by atoms with Crippen molar-refractivity contribution in [3.8, 4) is 0 Å². The first-order valence-electron chi connectivity index (χ1n) is 8.81. The molecule has 0 aromatic heterocycles. The molecule has 2 aromatic carbocycles. The lowest BCUT2D eigenvalue weighted by Gasteiger charge is -2.17. The highest BCUT2D eigenvalue weighted by atomic mass is 19.1. The van der Waals surface area contributed by atoms with Crippen molar-refractivity contribution >= 4 is 28.9 Å². The molecule has 0 atom stereocenters. The van der Waals surface area contributed by atoms with Crippen LogP contribution in [0.1, 0.15) is 23.2 Å². The Bertz CT molecular complexity index is 941. The summed E-state index contributed by atoms with van der Waals surface area (Å²) in [5.41, 5.74) is -0.584. The van der Waals surface area contributed by atoms with Crippen molar-refractivity contribution in [3.63, 3.8) is 0 Å². The number of nitro benzene ring substituents is 1. The minimum absolute atomic E-state index is 0.107. The molecule has 1 fully saturated rings. The Kier molecular flexibility index (Phi) is 6.01. The summed E-state index contributed by atoms with van der Waals surface area (Å²) in [7, 11) is 0. The van der Waals surface area contributed by atoms with Crippen LogP contribution in [0.3, 0.4) is 0 Å². The molecule has 2 aromatic rings. The number of hydrogen-bond acceptors (Lipinski definition) is 6. The predicted octanol–water partition coefficient (Wildman–Crippen LogP) is 3.27. The minimum Gasteiger partial charge on any atom is -0.452 e. The molecule has 0 spiro atoms. The summed E-state index contributed by atoms with van der Waals surface area (Å²) in [5.74, 6) is -3.87. The highest BCUT2D eigenvalue weighted by molar-refractivity contribution is 5.96. The molecule has 1 saturated heterocycles. The van der Waals surface area contributed by atoms with Gasteiger partial charge in [0.2, 0.25) is 0 Å². The van der Waals surface area contributed by atoms with Gasteiger partial charge in [0, 0.05) is 19.2 Å². The summed E-state index contributed by atoms with van der Waals surface area (Å²) < 4.78 is 31.9. The van der Waals surface area contributed by atoms with Gasteiger partial charge < -0.3 is 15.0 Å². The molecular weight excluding hydrogens is 388 g/mol. The molecule has 1 N–H and O–H groups in total. The lowest BCUT2D eigenvalue weighted by Crippen LogP contribution is -2.22. The molecule has 0 unspecified atom stereocenters. The fourth-order valence-electron chi connectivity index (χ4n) is 3.03. The van der Waals surface area contributed by atoms with Gasteiger partial charge in [-0.05, 0) is 37.1 Å². The largest absolute Gasteiger partial charge is 0.452 e. The average molecular weight is 405 g/mol. The normalized spacial score (nSPS) is 13.2. The number of carbonyl (C=O) groups excluding carboxylic acids is 2. The van der Waals surface area contributed by atoms with E-state index < -0.39 is 40.7 Å². The number of ether oxygens (including phenoxy) is 1. The Morgan fingerprint density at radius 2 is 1.79 bits per heavy atom. The molecule has 10 heteroatoms. The first-order chi connectivity index (χ1) is 13.9. The molecule has 1 aliphatic rings. The summed E-state index contributed by atoms with van der Waals surface area (Å²) in [6, 6.07) is 6.99. The number of rotatable bonds is 6. The number of para-hydroxylation sites is 1. The third kappa shape index (κ3) is 4.65. The Labute approximate surface area is 164 Å². The van der Waals surface area contributed by atoms with E-state index in [1.54, 1.807) is 0 Å². The van der Waals surface area contributed by atoms with Crippen molar-refractivity contribution in [1.29, 1.82) is 0 Å². The molecule has 3 rings (SSSR count). The predicted molar refractivity (Wildman–Crippen MR) is 99.8 cm³/mol. The Balaban J connectivity index is 1.66. The van der Waals surface area contributed by atoms with Gasteiger partial charge in [-0.1, -0.05) is 6.07 Å².